The summed E-state index contributed by atoms with van der Waals surface area (Å²) < 4.78 is 5.47. The third kappa shape index (κ3) is 2.28. The molecule has 0 saturated heterocycles. The molecule has 0 aliphatic heterocycles. The van der Waals surface area contributed by atoms with Gasteiger partial charge in [-0.15, -0.1) is 23.7 Å². The summed E-state index contributed by atoms with van der Waals surface area (Å²) in [5.74, 6) is 2.05. The zero-order valence-electron chi connectivity index (χ0n) is 11.2. The van der Waals surface area contributed by atoms with E-state index in [-0.39, 0.29) is 17.9 Å². The van der Waals surface area contributed by atoms with E-state index >= 15 is 0 Å². The number of halogens is 1. The number of hydrogen-bond acceptors (Lipinski definition) is 5. The van der Waals surface area contributed by atoms with Crippen molar-refractivity contribution >= 4 is 23.7 Å². The Labute approximate surface area is 128 Å². The van der Waals surface area contributed by atoms with Crippen LogP contribution in [0.2, 0.25) is 0 Å². The second-order valence-corrected chi connectivity index (χ2v) is 6.68. The Balaban J connectivity index is 0.00000121. The maximum absolute atomic E-state index is 6.38. The van der Waals surface area contributed by atoms with Crippen LogP contribution in [0.5, 0.6) is 0 Å². The molecule has 20 heavy (non-hydrogen) atoms. The minimum Gasteiger partial charge on any atom is -0.333 e. The molecule has 2 heterocycles. The Kier molecular flexibility index (Phi) is 3.60. The molecule has 2 aliphatic carbocycles. The van der Waals surface area contributed by atoms with E-state index in [1.165, 1.54) is 18.4 Å². The van der Waals surface area contributed by atoms with Crippen LogP contribution in [-0.2, 0) is 5.54 Å². The van der Waals surface area contributed by atoms with E-state index in [9.17, 15) is 0 Å². The fourth-order valence-electron chi connectivity index (χ4n) is 2.96. The molecule has 0 atom stereocenters. The van der Waals surface area contributed by atoms with Crippen molar-refractivity contribution in [2.75, 3.05) is 0 Å². The predicted octanol–water partition coefficient (Wildman–Crippen LogP) is 3.83. The molecule has 4 rings (SSSR count). The lowest BCUT2D eigenvalue weighted by atomic mass is 9.99. The van der Waals surface area contributed by atoms with Gasteiger partial charge in [0.15, 0.2) is 5.82 Å². The number of nitrogens with zero attached hydrogens (tertiary/aromatic N) is 2. The summed E-state index contributed by atoms with van der Waals surface area (Å²) >= 11 is 1.69. The van der Waals surface area contributed by atoms with Crippen LogP contribution in [0.3, 0.4) is 0 Å². The van der Waals surface area contributed by atoms with E-state index in [0.29, 0.717) is 17.6 Å². The molecule has 0 bridgehead atoms. The largest absolute Gasteiger partial charge is 0.333 e. The van der Waals surface area contributed by atoms with Crippen LogP contribution in [0.15, 0.2) is 16.0 Å². The van der Waals surface area contributed by atoms with Crippen molar-refractivity contribution < 1.29 is 4.52 Å². The van der Waals surface area contributed by atoms with E-state index in [1.807, 2.05) is 0 Å². The van der Waals surface area contributed by atoms with Crippen LogP contribution in [0, 0.1) is 0 Å². The molecule has 0 spiro atoms. The quantitative estimate of drug-likeness (QED) is 0.935. The van der Waals surface area contributed by atoms with Gasteiger partial charge < -0.3 is 10.3 Å². The molecule has 0 aromatic carbocycles. The number of nitrogens with two attached hydrogens (primary N) is 1. The minimum atomic E-state index is -0.362. The van der Waals surface area contributed by atoms with Crippen molar-refractivity contribution in [2.24, 2.45) is 5.73 Å². The highest BCUT2D eigenvalue weighted by atomic mass is 35.5. The number of rotatable bonds is 3. The van der Waals surface area contributed by atoms with Crippen LogP contribution in [0.4, 0.5) is 0 Å². The molecule has 2 fully saturated rings. The van der Waals surface area contributed by atoms with Crippen LogP contribution in [-0.4, -0.2) is 10.1 Å². The highest BCUT2D eigenvalue weighted by Gasteiger charge is 2.37. The summed E-state index contributed by atoms with van der Waals surface area (Å²) in [4.78, 5) is 5.73. The second kappa shape index (κ2) is 5.13. The summed E-state index contributed by atoms with van der Waals surface area (Å²) in [7, 11) is 0. The van der Waals surface area contributed by atoms with Gasteiger partial charge in [0.2, 0.25) is 0 Å². The number of aromatic nitrogens is 2. The molecule has 2 aromatic rings. The third-order valence-corrected chi connectivity index (χ3v) is 5.19. The van der Waals surface area contributed by atoms with Gasteiger partial charge in [-0.25, -0.2) is 0 Å². The van der Waals surface area contributed by atoms with Crippen molar-refractivity contribution in [3.63, 3.8) is 0 Å². The molecular formula is C14H18ClN3OS. The lowest BCUT2D eigenvalue weighted by Gasteiger charge is -2.17. The van der Waals surface area contributed by atoms with Crippen molar-refractivity contribution in [1.29, 1.82) is 0 Å². The standard InChI is InChI=1S/C14H17N3OS.ClH/c15-14(6-1-2-7-14)13-16-12(18-17-13)11-10(5-8-19-11)9-3-4-9;/h5,8-9H,1-4,6-7,15H2;1H. The Morgan fingerprint density at radius 3 is 2.75 bits per heavy atom. The first kappa shape index (κ1) is 14.0. The van der Waals surface area contributed by atoms with Crippen molar-refractivity contribution in [3.8, 4) is 10.8 Å². The van der Waals surface area contributed by atoms with Gasteiger partial charge in [0, 0.05) is 0 Å². The summed E-state index contributed by atoms with van der Waals surface area (Å²) in [5.41, 5.74) is 7.39. The molecule has 2 aliphatic rings. The van der Waals surface area contributed by atoms with Gasteiger partial charge in [0.25, 0.3) is 5.89 Å². The summed E-state index contributed by atoms with van der Waals surface area (Å²) in [5, 5.41) is 6.25. The van der Waals surface area contributed by atoms with E-state index in [2.05, 4.69) is 21.6 Å². The summed E-state index contributed by atoms with van der Waals surface area (Å²) in [6.07, 6.45) is 6.81. The molecule has 4 nitrogen and oxygen atoms in total. The average Bonchev–Trinajstić information content (AvgIpc) is 2.89. The zero-order chi connectivity index (χ0) is 12.9. The predicted molar refractivity (Wildman–Crippen MR) is 81.2 cm³/mol. The molecule has 2 N–H and O–H groups in total. The molecular weight excluding hydrogens is 294 g/mol. The van der Waals surface area contributed by atoms with Gasteiger partial charge in [-0.05, 0) is 48.6 Å². The zero-order valence-corrected chi connectivity index (χ0v) is 12.8. The first-order valence-electron chi connectivity index (χ1n) is 6.97. The molecule has 0 radical (unpaired) electrons. The lowest BCUT2D eigenvalue weighted by Crippen LogP contribution is -2.34. The lowest BCUT2D eigenvalue weighted by molar-refractivity contribution is 0.373. The highest BCUT2D eigenvalue weighted by molar-refractivity contribution is 7.13. The van der Waals surface area contributed by atoms with Gasteiger partial charge in [-0.1, -0.05) is 18.0 Å². The van der Waals surface area contributed by atoms with Crippen LogP contribution in [0.1, 0.15) is 55.8 Å². The van der Waals surface area contributed by atoms with Crippen LogP contribution in [0.25, 0.3) is 10.8 Å². The van der Waals surface area contributed by atoms with Crippen molar-refractivity contribution in [2.45, 2.75) is 50.0 Å². The smallest absolute Gasteiger partial charge is 0.268 e. The van der Waals surface area contributed by atoms with Crippen molar-refractivity contribution in [1.82, 2.24) is 10.1 Å². The fourth-order valence-corrected chi connectivity index (χ4v) is 3.86. The maximum Gasteiger partial charge on any atom is 0.268 e. The molecule has 0 unspecified atom stereocenters. The summed E-state index contributed by atoms with van der Waals surface area (Å²) in [6.45, 7) is 0. The van der Waals surface area contributed by atoms with Crippen LogP contribution >= 0.6 is 23.7 Å². The molecule has 6 heteroatoms. The maximum atomic E-state index is 6.38. The van der Waals surface area contributed by atoms with Gasteiger partial charge in [-0.3, -0.25) is 0 Å². The first-order chi connectivity index (χ1) is 9.26. The minimum absolute atomic E-state index is 0. The summed E-state index contributed by atoms with van der Waals surface area (Å²) in [6, 6.07) is 2.19. The van der Waals surface area contributed by atoms with Crippen LogP contribution < -0.4 is 5.73 Å². The van der Waals surface area contributed by atoms with E-state index in [0.717, 1.165) is 30.6 Å². The van der Waals surface area contributed by atoms with Gasteiger partial charge >= 0.3 is 0 Å². The Morgan fingerprint density at radius 1 is 1.30 bits per heavy atom. The molecule has 2 saturated carbocycles. The highest BCUT2D eigenvalue weighted by Crippen LogP contribution is 2.46. The molecule has 2 aromatic heterocycles. The second-order valence-electron chi connectivity index (χ2n) is 5.77. The van der Waals surface area contributed by atoms with Gasteiger partial charge in [0.1, 0.15) is 0 Å². The van der Waals surface area contributed by atoms with Crippen molar-refractivity contribution in [3.05, 3.63) is 22.8 Å². The van der Waals surface area contributed by atoms with E-state index in [4.69, 9.17) is 10.3 Å². The topological polar surface area (TPSA) is 64.9 Å². The Morgan fingerprint density at radius 2 is 2.05 bits per heavy atom. The monoisotopic (exact) mass is 311 g/mol. The molecule has 108 valence electrons. The Bertz CT molecular complexity index is 599. The number of hydrogen-bond donors (Lipinski definition) is 1. The van der Waals surface area contributed by atoms with E-state index < -0.39 is 0 Å². The number of thiophene rings is 1. The fraction of sp³-hybridized carbons (Fsp3) is 0.571. The Hall–Kier alpha value is -0.910. The van der Waals surface area contributed by atoms with E-state index in [1.54, 1.807) is 11.3 Å². The third-order valence-electron chi connectivity index (χ3n) is 4.27. The average molecular weight is 312 g/mol. The normalized spacial score (nSPS) is 20.9. The molecule has 0 amide bonds. The van der Waals surface area contributed by atoms with Gasteiger partial charge in [0.05, 0.1) is 10.4 Å². The SMILES string of the molecule is Cl.NC1(c2noc(-c3sccc3C3CC3)n2)CCCC1. The first-order valence-corrected chi connectivity index (χ1v) is 7.85. The van der Waals surface area contributed by atoms with Gasteiger partial charge in [-0.2, -0.15) is 4.98 Å².